The van der Waals surface area contributed by atoms with Crippen molar-refractivity contribution in [3.63, 3.8) is 0 Å². The van der Waals surface area contributed by atoms with E-state index in [1.807, 2.05) is 31.2 Å². The largest absolute Gasteiger partial charge is 0.459 e. The smallest absolute Gasteiger partial charge is 0.336 e. The monoisotopic (exact) mass is 473 g/mol. The zero-order chi connectivity index (χ0) is 21.5. The summed E-state index contributed by atoms with van der Waals surface area (Å²) in [5.74, 6) is -0.746. The molecular formula is C24H28BrNO4. The van der Waals surface area contributed by atoms with Gasteiger partial charge in [0.15, 0.2) is 5.78 Å². The Morgan fingerprint density at radius 3 is 2.77 bits per heavy atom. The summed E-state index contributed by atoms with van der Waals surface area (Å²) in [7, 11) is 0. The van der Waals surface area contributed by atoms with Gasteiger partial charge in [-0.15, -0.1) is 0 Å². The molecule has 0 aromatic heterocycles. The van der Waals surface area contributed by atoms with Crippen LogP contribution in [0.4, 0.5) is 0 Å². The Morgan fingerprint density at radius 1 is 1.30 bits per heavy atom. The van der Waals surface area contributed by atoms with Crippen molar-refractivity contribution in [2.75, 3.05) is 13.2 Å². The number of allylic oxidation sites excluding steroid dienone is 3. The molecule has 160 valence electrons. The first-order chi connectivity index (χ1) is 14.3. The fourth-order valence-electron chi connectivity index (χ4n) is 4.75. The molecule has 2 heterocycles. The number of carbonyl (C=O) groups excluding carboxylic acids is 2. The molecule has 30 heavy (non-hydrogen) atoms. The average molecular weight is 474 g/mol. The van der Waals surface area contributed by atoms with E-state index in [1.54, 1.807) is 0 Å². The summed E-state index contributed by atoms with van der Waals surface area (Å²) in [5, 5.41) is 3.37. The number of hydrogen-bond acceptors (Lipinski definition) is 5. The lowest BCUT2D eigenvalue weighted by Crippen LogP contribution is -2.39. The summed E-state index contributed by atoms with van der Waals surface area (Å²) in [6, 6.07) is 7.78. The van der Waals surface area contributed by atoms with E-state index in [-0.39, 0.29) is 29.9 Å². The number of halogens is 1. The highest BCUT2D eigenvalue weighted by atomic mass is 79.9. The van der Waals surface area contributed by atoms with Crippen LogP contribution in [0, 0.1) is 5.41 Å². The van der Waals surface area contributed by atoms with Crippen LogP contribution < -0.4 is 5.32 Å². The lowest BCUT2D eigenvalue weighted by molar-refractivity contribution is -0.142. The van der Waals surface area contributed by atoms with E-state index in [1.165, 1.54) is 0 Å². The van der Waals surface area contributed by atoms with Gasteiger partial charge in [-0.2, -0.15) is 0 Å². The van der Waals surface area contributed by atoms with Gasteiger partial charge >= 0.3 is 5.97 Å². The number of rotatable bonds is 4. The second-order valence-electron chi connectivity index (χ2n) is 9.18. The zero-order valence-corrected chi connectivity index (χ0v) is 19.3. The number of carbonyl (C=O) groups is 2. The van der Waals surface area contributed by atoms with E-state index >= 15 is 0 Å². The fourth-order valence-corrected chi connectivity index (χ4v) is 5.26. The van der Waals surface area contributed by atoms with E-state index in [4.69, 9.17) is 9.47 Å². The highest BCUT2D eigenvalue weighted by molar-refractivity contribution is 9.10. The fraction of sp³-hybridized carbons (Fsp3) is 0.500. The Hall–Kier alpha value is -1.92. The van der Waals surface area contributed by atoms with Crippen LogP contribution in [0.1, 0.15) is 57.9 Å². The first-order valence-electron chi connectivity index (χ1n) is 10.5. The van der Waals surface area contributed by atoms with Gasteiger partial charge < -0.3 is 14.8 Å². The maximum absolute atomic E-state index is 13.3. The summed E-state index contributed by atoms with van der Waals surface area (Å²) < 4.78 is 12.1. The van der Waals surface area contributed by atoms with Crippen LogP contribution >= 0.6 is 15.9 Å². The predicted molar refractivity (Wildman–Crippen MR) is 118 cm³/mol. The van der Waals surface area contributed by atoms with Crippen LogP contribution in [0.2, 0.25) is 0 Å². The average Bonchev–Trinajstić information content (AvgIpc) is 3.18. The van der Waals surface area contributed by atoms with Gasteiger partial charge in [-0.05, 0) is 43.2 Å². The van der Waals surface area contributed by atoms with Crippen molar-refractivity contribution in [3.05, 3.63) is 56.8 Å². The second kappa shape index (κ2) is 8.31. The Bertz CT molecular complexity index is 940. The molecule has 0 radical (unpaired) electrons. The molecule has 2 atom stereocenters. The molecule has 1 N–H and O–H groups in total. The van der Waals surface area contributed by atoms with Crippen molar-refractivity contribution in [1.82, 2.24) is 5.32 Å². The van der Waals surface area contributed by atoms with Gasteiger partial charge in [-0.1, -0.05) is 48.0 Å². The Labute approximate surface area is 186 Å². The minimum Gasteiger partial charge on any atom is -0.459 e. The summed E-state index contributed by atoms with van der Waals surface area (Å²) in [6.45, 7) is 7.06. The third-order valence-electron chi connectivity index (χ3n) is 6.10. The third kappa shape index (κ3) is 4.12. The quantitative estimate of drug-likeness (QED) is 0.637. The standard InChI is InChI=1S/C24H28BrNO4/c1-14-20(23(28)30-13-15-7-6-10-29-15)21(16-8-4-5-9-17(16)25)22-18(26-14)11-24(2,3)12-19(22)27/h4-5,8-9,15,21,26H,6-7,10-13H2,1-3H3/t15-,21+/m1/s1. The van der Waals surface area contributed by atoms with Crippen molar-refractivity contribution in [3.8, 4) is 0 Å². The molecular weight excluding hydrogens is 446 g/mol. The number of dihydropyridines is 1. The van der Waals surface area contributed by atoms with Crippen LogP contribution in [-0.4, -0.2) is 31.1 Å². The van der Waals surface area contributed by atoms with E-state index < -0.39 is 5.92 Å². The first kappa shape index (κ1) is 21.3. The molecule has 4 rings (SSSR count). The Morgan fingerprint density at radius 2 is 2.07 bits per heavy atom. The normalized spacial score (nSPS) is 25.8. The molecule has 0 spiro atoms. The third-order valence-corrected chi connectivity index (χ3v) is 6.82. The Kier molecular flexibility index (Phi) is 5.90. The van der Waals surface area contributed by atoms with Crippen molar-refractivity contribution in [1.29, 1.82) is 0 Å². The number of benzene rings is 1. The van der Waals surface area contributed by atoms with Crippen LogP contribution in [-0.2, 0) is 19.1 Å². The van der Waals surface area contributed by atoms with Crippen molar-refractivity contribution < 1.29 is 19.1 Å². The number of esters is 1. The highest BCUT2D eigenvalue weighted by Gasteiger charge is 2.43. The van der Waals surface area contributed by atoms with Gasteiger partial charge in [0.2, 0.25) is 0 Å². The Balaban J connectivity index is 1.73. The van der Waals surface area contributed by atoms with Gasteiger partial charge in [0, 0.05) is 40.4 Å². The maximum atomic E-state index is 13.3. The number of hydrogen-bond donors (Lipinski definition) is 1. The van der Waals surface area contributed by atoms with Gasteiger partial charge in [0.1, 0.15) is 6.61 Å². The van der Waals surface area contributed by atoms with Crippen molar-refractivity contribution in [2.24, 2.45) is 5.41 Å². The minimum absolute atomic E-state index is 0.0415. The molecule has 1 fully saturated rings. The molecule has 1 aromatic rings. The highest BCUT2D eigenvalue weighted by Crippen LogP contribution is 2.48. The molecule has 5 nitrogen and oxygen atoms in total. The van der Waals surface area contributed by atoms with Crippen LogP contribution in [0.25, 0.3) is 0 Å². The lowest BCUT2D eigenvalue weighted by Gasteiger charge is -2.39. The summed E-state index contributed by atoms with van der Waals surface area (Å²) in [6.07, 6.45) is 3.09. The van der Waals surface area contributed by atoms with Gasteiger partial charge in [-0.25, -0.2) is 4.79 Å². The van der Waals surface area contributed by atoms with Crippen LogP contribution in [0.15, 0.2) is 51.3 Å². The molecule has 3 aliphatic rings. The molecule has 1 aromatic carbocycles. The van der Waals surface area contributed by atoms with E-state index in [0.29, 0.717) is 24.2 Å². The van der Waals surface area contributed by atoms with Gasteiger partial charge in [0.05, 0.1) is 11.7 Å². The molecule has 0 unspecified atom stereocenters. The molecule has 6 heteroatoms. The first-order valence-corrected chi connectivity index (χ1v) is 11.3. The summed E-state index contributed by atoms with van der Waals surface area (Å²) in [5.41, 5.74) is 3.66. The number of ketones is 1. The van der Waals surface area contributed by atoms with E-state index in [0.717, 1.165) is 40.7 Å². The molecule has 2 aliphatic heterocycles. The van der Waals surface area contributed by atoms with E-state index in [9.17, 15) is 9.59 Å². The molecule has 1 aliphatic carbocycles. The topological polar surface area (TPSA) is 64.6 Å². The number of ether oxygens (including phenoxy) is 2. The molecule has 0 amide bonds. The van der Waals surface area contributed by atoms with E-state index in [2.05, 4.69) is 35.1 Å². The SMILES string of the molecule is CC1=C(C(=O)OC[C@H]2CCCO2)[C@H](c2ccccc2Br)C2=C(CC(C)(C)CC2=O)N1. The predicted octanol–water partition coefficient (Wildman–Crippen LogP) is 4.78. The molecule has 0 saturated carbocycles. The lowest BCUT2D eigenvalue weighted by atomic mass is 9.68. The van der Waals surface area contributed by atoms with Crippen molar-refractivity contribution >= 4 is 27.7 Å². The van der Waals surface area contributed by atoms with Gasteiger partial charge in [0.25, 0.3) is 0 Å². The number of Topliss-reactive ketones (excluding diaryl/α,β-unsaturated/α-hetero) is 1. The maximum Gasteiger partial charge on any atom is 0.336 e. The summed E-state index contributed by atoms with van der Waals surface area (Å²) >= 11 is 3.63. The van der Waals surface area contributed by atoms with Crippen molar-refractivity contribution in [2.45, 2.75) is 58.5 Å². The second-order valence-corrected chi connectivity index (χ2v) is 10.0. The molecule has 1 saturated heterocycles. The minimum atomic E-state index is -0.447. The number of nitrogens with one attached hydrogen (secondary N) is 1. The summed E-state index contributed by atoms with van der Waals surface area (Å²) in [4.78, 5) is 26.5. The molecule has 0 bridgehead atoms. The van der Waals surface area contributed by atoms with Gasteiger partial charge in [-0.3, -0.25) is 4.79 Å². The van der Waals surface area contributed by atoms with Crippen LogP contribution in [0.5, 0.6) is 0 Å². The zero-order valence-electron chi connectivity index (χ0n) is 17.7. The van der Waals surface area contributed by atoms with Crippen LogP contribution in [0.3, 0.4) is 0 Å².